The van der Waals surface area contributed by atoms with Gasteiger partial charge in [-0.25, -0.2) is 4.98 Å². The lowest BCUT2D eigenvalue weighted by Crippen LogP contribution is -2.43. The van der Waals surface area contributed by atoms with Gasteiger partial charge in [0.15, 0.2) is 0 Å². The van der Waals surface area contributed by atoms with E-state index in [2.05, 4.69) is 15.1 Å². The fourth-order valence-corrected chi connectivity index (χ4v) is 3.30. The molecule has 0 spiro atoms. The van der Waals surface area contributed by atoms with Crippen molar-refractivity contribution in [3.63, 3.8) is 0 Å². The SMILES string of the molecule is Cc1cc(-c2cnn3c2C(=O)N(c2ccc(C(F)(F)F)cn2)CC3C)ccn1. The van der Waals surface area contributed by atoms with Crippen LogP contribution in [0.2, 0.25) is 0 Å². The Bertz CT molecular complexity index is 1040. The number of carbonyl (C=O) groups excluding carboxylic acids is 1. The summed E-state index contributed by atoms with van der Waals surface area (Å²) in [6.07, 6.45) is -0.453. The van der Waals surface area contributed by atoms with Crippen LogP contribution in [0.25, 0.3) is 11.1 Å². The minimum Gasteiger partial charge on any atom is -0.289 e. The van der Waals surface area contributed by atoms with Gasteiger partial charge in [0.2, 0.25) is 0 Å². The summed E-state index contributed by atoms with van der Waals surface area (Å²) in [6, 6.07) is 5.63. The number of anilines is 1. The smallest absolute Gasteiger partial charge is 0.289 e. The fraction of sp³-hybridized carbons (Fsp3) is 0.263. The van der Waals surface area contributed by atoms with E-state index in [4.69, 9.17) is 0 Å². The molecule has 1 atom stereocenters. The molecule has 0 aliphatic carbocycles. The van der Waals surface area contributed by atoms with Crippen LogP contribution in [0.3, 0.4) is 0 Å². The first-order chi connectivity index (χ1) is 13.3. The molecule has 0 radical (unpaired) electrons. The molecule has 1 amide bonds. The number of rotatable bonds is 2. The standard InChI is InChI=1S/C19H16F3N5O/c1-11-7-13(5-6-23-11)15-9-25-27-12(2)10-26(18(28)17(15)27)16-4-3-14(8-24-16)19(20,21)22/h3-9,12H,10H2,1-2H3. The molecule has 9 heteroatoms. The summed E-state index contributed by atoms with van der Waals surface area (Å²) in [6.45, 7) is 4.00. The number of nitrogens with zero attached hydrogens (tertiary/aromatic N) is 5. The molecule has 1 aliphatic heterocycles. The summed E-state index contributed by atoms with van der Waals surface area (Å²) in [5.41, 5.74) is 1.78. The molecule has 3 aromatic rings. The molecule has 28 heavy (non-hydrogen) atoms. The predicted molar refractivity (Wildman–Crippen MR) is 95.8 cm³/mol. The van der Waals surface area contributed by atoms with Crippen molar-refractivity contribution < 1.29 is 18.0 Å². The minimum absolute atomic E-state index is 0.159. The summed E-state index contributed by atoms with van der Waals surface area (Å²) in [5, 5.41) is 4.35. The van der Waals surface area contributed by atoms with Crippen molar-refractivity contribution in [3.8, 4) is 11.1 Å². The van der Waals surface area contributed by atoms with Gasteiger partial charge in [0.1, 0.15) is 11.5 Å². The van der Waals surface area contributed by atoms with Gasteiger partial charge in [0.05, 0.1) is 17.8 Å². The fourth-order valence-electron chi connectivity index (χ4n) is 3.30. The molecule has 1 unspecified atom stereocenters. The Morgan fingerprint density at radius 1 is 1.14 bits per heavy atom. The third-order valence-corrected chi connectivity index (χ3v) is 4.67. The summed E-state index contributed by atoms with van der Waals surface area (Å²) in [4.78, 5) is 22.6. The summed E-state index contributed by atoms with van der Waals surface area (Å²) >= 11 is 0. The lowest BCUT2D eigenvalue weighted by molar-refractivity contribution is -0.137. The Labute approximate surface area is 158 Å². The molecular weight excluding hydrogens is 371 g/mol. The van der Waals surface area contributed by atoms with Crippen molar-refractivity contribution in [3.05, 3.63) is 59.8 Å². The molecule has 1 aliphatic rings. The molecule has 3 aromatic heterocycles. The second-order valence-corrected chi connectivity index (χ2v) is 6.70. The third-order valence-electron chi connectivity index (χ3n) is 4.67. The molecule has 6 nitrogen and oxygen atoms in total. The quantitative estimate of drug-likeness (QED) is 0.669. The van der Waals surface area contributed by atoms with E-state index in [1.54, 1.807) is 23.1 Å². The van der Waals surface area contributed by atoms with Gasteiger partial charge in [0, 0.05) is 30.2 Å². The molecule has 0 saturated carbocycles. The summed E-state index contributed by atoms with van der Waals surface area (Å²) in [7, 11) is 0. The van der Waals surface area contributed by atoms with Crippen molar-refractivity contribution in [2.24, 2.45) is 0 Å². The van der Waals surface area contributed by atoms with Crippen LogP contribution >= 0.6 is 0 Å². The molecule has 0 bridgehead atoms. The predicted octanol–water partition coefficient (Wildman–Crippen LogP) is 3.89. The van der Waals surface area contributed by atoms with E-state index in [-0.39, 0.29) is 24.3 Å². The van der Waals surface area contributed by atoms with E-state index >= 15 is 0 Å². The number of amides is 1. The molecule has 4 rings (SSSR count). The van der Waals surface area contributed by atoms with Gasteiger partial charge in [-0.2, -0.15) is 18.3 Å². The monoisotopic (exact) mass is 387 g/mol. The first kappa shape index (κ1) is 18.1. The second-order valence-electron chi connectivity index (χ2n) is 6.70. The van der Waals surface area contributed by atoms with Gasteiger partial charge in [-0.05, 0) is 43.7 Å². The van der Waals surface area contributed by atoms with Crippen molar-refractivity contribution >= 4 is 11.7 Å². The zero-order chi connectivity index (χ0) is 20.1. The number of halogens is 3. The minimum atomic E-state index is -4.48. The lowest BCUT2D eigenvalue weighted by atomic mass is 10.0. The maximum Gasteiger partial charge on any atom is 0.417 e. The number of hydrogen-bond acceptors (Lipinski definition) is 4. The molecule has 0 aromatic carbocycles. The summed E-state index contributed by atoms with van der Waals surface area (Å²) in [5.74, 6) is -0.179. The molecule has 0 fully saturated rings. The van der Waals surface area contributed by atoms with Crippen LogP contribution in [0.15, 0.2) is 42.9 Å². The van der Waals surface area contributed by atoms with Crippen molar-refractivity contribution in [2.75, 3.05) is 11.4 Å². The number of pyridine rings is 2. The van der Waals surface area contributed by atoms with Crippen LogP contribution in [0.4, 0.5) is 19.0 Å². The highest BCUT2D eigenvalue weighted by Gasteiger charge is 2.35. The number of alkyl halides is 3. The van der Waals surface area contributed by atoms with Crippen LogP contribution in [-0.4, -0.2) is 32.2 Å². The molecule has 0 saturated heterocycles. The molecule has 0 N–H and O–H groups in total. The van der Waals surface area contributed by atoms with E-state index in [1.807, 2.05) is 19.9 Å². The molecule has 144 valence electrons. The molecular formula is C19H16F3N5O. The Kier molecular flexibility index (Phi) is 4.17. The highest BCUT2D eigenvalue weighted by atomic mass is 19.4. The van der Waals surface area contributed by atoms with Crippen LogP contribution in [0.1, 0.15) is 34.7 Å². The van der Waals surface area contributed by atoms with Gasteiger partial charge < -0.3 is 0 Å². The number of hydrogen-bond donors (Lipinski definition) is 0. The van der Waals surface area contributed by atoms with Gasteiger partial charge in [0.25, 0.3) is 5.91 Å². The molecule has 4 heterocycles. The van der Waals surface area contributed by atoms with Crippen molar-refractivity contribution in [1.82, 2.24) is 19.7 Å². The van der Waals surface area contributed by atoms with E-state index < -0.39 is 11.7 Å². The zero-order valence-electron chi connectivity index (χ0n) is 15.1. The number of fused-ring (bicyclic) bond motifs is 1. The highest BCUT2D eigenvalue weighted by Crippen LogP contribution is 2.33. The van der Waals surface area contributed by atoms with Crippen LogP contribution in [0.5, 0.6) is 0 Å². The lowest BCUT2D eigenvalue weighted by Gasteiger charge is -2.31. The average Bonchev–Trinajstić information content (AvgIpc) is 3.10. The number of carbonyl (C=O) groups is 1. The van der Waals surface area contributed by atoms with Gasteiger partial charge in [-0.3, -0.25) is 19.4 Å². The van der Waals surface area contributed by atoms with Crippen molar-refractivity contribution in [1.29, 1.82) is 0 Å². The largest absolute Gasteiger partial charge is 0.417 e. The summed E-state index contributed by atoms with van der Waals surface area (Å²) < 4.78 is 40.0. The number of aromatic nitrogens is 4. The maximum atomic E-state index is 13.2. The van der Waals surface area contributed by atoms with E-state index in [1.165, 1.54) is 11.0 Å². The second kappa shape index (κ2) is 6.43. The van der Waals surface area contributed by atoms with Crippen LogP contribution in [-0.2, 0) is 6.18 Å². The number of aryl methyl sites for hydroxylation is 1. The maximum absolute atomic E-state index is 13.2. The zero-order valence-corrected chi connectivity index (χ0v) is 15.1. The topological polar surface area (TPSA) is 63.9 Å². The van der Waals surface area contributed by atoms with Gasteiger partial charge >= 0.3 is 6.18 Å². The Balaban J connectivity index is 1.75. The van der Waals surface area contributed by atoms with Crippen LogP contribution < -0.4 is 4.90 Å². The average molecular weight is 387 g/mol. The normalized spacial score (nSPS) is 17.0. The van der Waals surface area contributed by atoms with Crippen molar-refractivity contribution in [2.45, 2.75) is 26.1 Å². The van der Waals surface area contributed by atoms with Crippen LogP contribution in [0, 0.1) is 6.92 Å². The highest BCUT2D eigenvalue weighted by molar-refractivity contribution is 6.09. The Morgan fingerprint density at radius 2 is 1.93 bits per heavy atom. The van der Waals surface area contributed by atoms with E-state index in [0.29, 0.717) is 11.3 Å². The van der Waals surface area contributed by atoms with E-state index in [9.17, 15) is 18.0 Å². The Hall–Kier alpha value is -3.23. The van der Waals surface area contributed by atoms with Gasteiger partial charge in [-0.1, -0.05) is 0 Å². The van der Waals surface area contributed by atoms with Gasteiger partial charge in [-0.15, -0.1) is 0 Å². The first-order valence-electron chi connectivity index (χ1n) is 8.61. The first-order valence-corrected chi connectivity index (χ1v) is 8.61. The third kappa shape index (κ3) is 3.02. The Morgan fingerprint density at radius 3 is 2.57 bits per heavy atom. The van der Waals surface area contributed by atoms with E-state index in [0.717, 1.165) is 23.5 Å².